The molecule has 0 saturated heterocycles. The van der Waals surface area contributed by atoms with E-state index in [-0.39, 0.29) is 73.7 Å². The van der Waals surface area contributed by atoms with E-state index in [0.29, 0.717) is 12.0 Å². The van der Waals surface area contributed by atoms with Gasteiger partial charge in [-0.3, -0.25) is 9.35 Å². The number of hydrogen-bond acceptors (Lipinski definition) is 3. The van der Waals surface area contributed by atoms with Crippen molar-refractivity contribution in [3.8, 4) is 0 Å². The average Bonchev–Trinajstić information content (AvgIpc) is 2.52. The molecule has 0 aromatic heterocycles. The summed E-state index contributed by atoms with van der Waals surface area (Å²) in [5.41, 5.74) is 1.42. The molecule has 0 amide bonds. The topological polar surface area (TPSA) is 249 Å². The maximum Gasteiger partial charge on any atom is 1.00 e. The molecule has 184 valence electrons. The van der Waals surface area contributed by atoms with Crippen molar-refractivity contribution in [3.05, 3.63) is 28.8 Å². The standard InChI is InChI=1S/C20H28O5S.Na.5H2O/c1-12(2)14-10-13-6-7-17-19(3,8-5-9-20(17,4)18(21)22)15(13)11-16(14)26(23,24)25;;;;;;/h10-12,17H,5-9H2,1-4H3,(H,21,22)(H,23,24,25);;5*1H2/q;+1;;;;;/t17-,19-,20-;;;;;;/m1....../s1. The number of benzene rings is 1. The number of aliphatic carboxylic acids is 1. The van der Waals surface area contributed by atoms with Gasteiger partial charge in [0.1, 0.15) is 0 Å². The Bertz CT molecular complexity index is 873. The molecule has 10 nitrogen and oxygen atoms in total. The molecule has 12 N–H and O–H groups in total. The van der Waals surface area contributed by atoms with Crippen LogP contribution in [-0.2, 0) is 26.7 Å². The van der Waals surface area contributed by atoms with Gasteiger partial charge in [0, 0.05) is 0 Å². The normalized spacial score (nSPS) is 25.5. The molecule has 0 radical (unpaired) electrons. The monoisotopic (exact) mass is 493 g/mol. The molecule has 0 bridgehead atoms. The van der Waals surface area contributed by atoms with E-state index in [1.807, 2.05) is 26.8 Å². The zero-order valence-electron chi connectivity index (χ0n) is 19.4. The van der Waals surface area contributed by atoms with Crippen molar-refractivity contribution < 1.29 is 79.8 Å². The molecular formula is C20H38NaO10S+. The summed E-state index contributed by atoms with van der Waals surface area (Å²) in [4.78, 5) is 12.0. The Balaban J connectivity index is -0.000000653. The maximum atomic E-state index is 12.0. The SMILES string of the molecule is CC(C)c1cc2c(cc1S(=O)(=O)O)[C@@]1(C)CCC[C@@](C)(C(=O)O)[C@@H]1CC2.O.O.O.O.O.[Na+]. The van der Waals surface area contributed by atoms with E-state index < -0.39 is 26.9 Å². The molecule has 12 heteroatoms. The predicted octanol–water partition coefficient (Wildman–Crippen LogP) is -2.97. The van der Waals surface area contributed by atoms with Gasteiger partial charge in [0.25, 0.3) is 10.1 Å². The third-order valence-electron chi connectivity index (χ3n) is 6.87. The summed E-state index contributed by atoms with van der Waals surface area (Å²) in [5, 5.41) is 9.86. The van der Waals surface area contributed by atoms with Crippen LogP contribution in [0.25, 0.3) is 0 Å². The first-order chi connectivity index (χ1) is 11.9. The first-order valence-corrected chi connectivity index (χ1v) is 10.7. The van der Waals surface area contributed by atoms with Crippen molar-refractivity contribution in [3.63, 3.8) is 0 Å². The van der Waals surface area contributed by atoms with Gasteiger partial charge in [-0.1, -0.05) is 33.3 Å². The van der Waals surface area contributed by atoms with Crippen molar-refractivity contribution in [1.29, 1.82) is 0 Å². The summed E-state index contributed by atoms with van der Waals surface area (Å²) in [5.74, 6) is -0.850. The number of carboxylic acids is 1. The Labute approximate surface area is 211 Å². The van der Waals surface area contributed by atoms with Crippen molar-refractivity contribution in [1.82, 2.24) is 0 Å². The van der Waals surface area contributed by atoms with E-state index in [1.165, 1.54) is 0 Å². The zero-order valence-corrected chi connectivity index (χ0v) is 22.2. The van der Waals surface area contributed by atoms with Crippen LogP contribution in [0.3, 0.4) is 0 Å². The molecular weight excluding hydrogens is 455 g/mol. The first-order valence-electron chi connectivity index (χ1n) is 9.29. The molecule has 0 unspecified atom stereocenters. The Hall–Kier alpha value is -0.600. The Morgan fingerprint density at radius 1 is 1.06 bits per heavy atom. The van der Waals surface area contributed by atoms with Gasteiger partial charge >= 0.3 is 35.5 Å². The summed E-state index contributed by atoms with van der Waals surface area (Å²) >= 11 is 0. The van der Waals surface area contributed by atoms with E-state index in [4.69, 9.17) is 0 Å². The van der Waals surface area contributed by atoms with Crippen molar-refractivity contribution >= 4 is 16.1 Å². The number of hydrogen-bond donors (Lipinski definition) is 2. The Kier molecular flexibility index (Phi) is 15.4. The average molecular weight is 494 g/mol. The second-order valence-electron chi connectivity index (χ2n) is 8.76. The van der Waals surface area contributed by atoms with Crippen LogP contribution in [-0.4, -0.2) is 51.4 Å². The van der Waals surface area contributed by atoms with Crippen molar-refractivity contribution in [2.75, 3.05) is 0 Å². The van der Waals surface area contributed by atoms with Gasteiger partial charge in [0.2, 0.25) is 0 Å². The molecule has 1 saturated carbocycles. The third kappa shape index (κ3) is 6.09. The number of aryl methyl sites for hydroxylation is 1. The molecule has 1 aromatic carbocycles. The van der Waals surface area contributed by atoms with Gasteiger partial charge in [-0.25, -0.2) is 0 Å². The van der Waals surface area contributed by atoms with Crippen molar-refractivity contribution in [2.45, 2.75) is 76.0 Å². The van der Waals surface area contributed by atoms with Crippen LogP contribution in [0.4, 0.5) is 0 Å². The number of fused-ring (bicyclic) bond motifs is 3. The molecule has 0 aliphatic heterocycles. The van der Waals surface area contributed by atoms with Gasteiger partial charge in [-0.2, -0.15) is 8.42 Å². The van der Waals surface area contributed by atoms with Gasteiger partial charge in [-0.05, 0) is 72.6 Å². The van der Waals surface area contributed by atoms with Crippen LogP contribution < -0.4 is 29.6 Å². The van der Waals surface area contributed by atoms with E-state index in [2.05, 4.69) is 6.92 Å². The molecule has 2 aliphatic carbocycles. The summed E-state index contributed by atoms with van der Waals surface area (Å²) in [6.07, 6.45) is 3.80. The van der Waals surface area contributed by atoms with Gasteiger partial charge < -0.3 is 32.5 Å². The maximum absolute atomic E-state index is 12.0. The molecule has 0 heterocycles. The summed E-state index contributed by atoms with van der Waals surface area (Å²) in [6, 6.07) is 3.54. The first kappa shape index (κ1) is 38.7. The summed E-state index contributed by atoms with van der Waals surface area (Å²) in [6.45, 7) is 7.71. The van der Waals surface area contributed by atoms with E-state index in [0.717, 1.165) is 36.8 Å². The van der Waals surface area contributed by atoms with Gasteiger partial charge in [0.15, 0.2) is 0 Å². The minimum absolute atomic E-state index is 0. The number of carboxylic acid groups (broad SMARTS) is 1. The molecule has 0 spiro atoms. The number of carbonyl (C=O) groups is 1. The van der Waals surface area contributed by atoms with Gasteiger partial charge in [0.05, 0.1) is 10.3 Å². The van der Waals surface area contributed by atoms with Crippen molar-refractivity contribution in [2.24, 2.45) is 11.3 Å². The molecule has 2 aliphatic rings. The van der Waals surface area contributed by atoms with Crippen LogP contribution in [0.5, 0.6) is 0 Å². The summed E-state index contributed by atoms with van der Waals surface area (Å²) in [7, 11) is -4.34. The van der Waals surface area contributed by atoms with E-state index in [9.17, 15) is 22.9 Å². The van der Waals surface area contributed by atoms with Crippen LogP contribution in [0.2, 0.25) is 0 Å². The molecule has 32 heavy (non-hydrogen) atoms. The fourth-order valence-corrected chi connectivity index (χ4v) is 6.31. The largest absolute Gasteiger partial charge is 1.00 e. The minimum Gasteiger partial charge on any atom is -0.481 e. The van der Waals surface area contributed by atoms with E-state index >= 15 is 0 Å². The predicted molar refractivity (Wildman–Crippen MR) is 117 cm³/mol. The fraction of sp³-hybridized carbons (Fsp3) is 0.650. The second-order valence-corrected chi connectivity index (χ2v) is 10.2. The van der Waals surface area contributed by atoms with Crippen LogP contribution in [0.15, 0.2) is 17.0 Å². The minimum atomic E-state index is -4.34. The zero-order chi connectivity index (χ0) is 19.5. The Morgan fingerprint density at radius 2 is 1.59 bits per heavy atom. The molecule has 1 fully saturated rings. The fourth-order valence-electron chi connectivity index (χ4n) is 5.45. The summed E-state index contributed by atoms with van der Waals surface area (Å²) < 4.78 is 33.8. The molecule has 3 rings (SSSR count). The Morgan fingerprint density at radius 3 is 2.03 bits per heavy atom. The number of rotatable bonds is 3. The molecule has 1 aromatic rings. The van der Waals surface area contributed by atoms with Crippen LogP contribution in [0.1, 0.15) is 76.0 Å². The smallest absolute Gasteiger partial charge is 0.481 e. The van der Waals surface area contributed by atoms with Crippen LogP contribution in [0, 0.1) is 11.3 Å². The quantitative estimate of drug-likeness (QED) is 0.329. The van der Waals surface area contributed by atoms with Gasteiger partial charge in [-0.15, -0.1) is 0 Å². The van der Waals surface area contributed by atoms with E-state index in [1.54, 1.807) is 6.07 Å². The molecule has 3 atom stereocenters. The second kappa shape index (κ2) is 12.7. The van der Waals surface area contributed by atoms with Crippen LogP contribution >= 0.6 is 0 Å². The third-order valence-corrected chi connectivity index (χ3v) is 7.78.